The van der Waals surface area contributed by atoms with Crippen LogP contribution in [0.2, 0.25) is 0 Å². The van der Waals surface area contributed by atoms with Gasteiger partial charge in [0.25, 0.3) is 10.0 Å². The summed E-state index contributed by atoms with van der Waals surface area (Å²) in [5.41, 5.74) is 4.32. The number of aromatic nitrogens is 3. The Morgan fingerprint density at radius 3 is 2.41 bits per heavy atom. The zero-order valence-corrected chi connectivity index (χ0v) is 19.9. The molecule has 32 heavy (non-hydrogen) atoms. The van der Waals surface area contributed by atoms with Gasteiger partial charge in [-0.3, -0.25) is 4.57 Å². The molecule has 7 nitrogen and oxygen atoms in total. The van der Waals surface area contributed by atoms with Crippen LogP contribution in [0.15, 0.2) is 75.3 Å². The van der Waals surface area contributed by atoms with E-state index in [1.54, 1.807) is 6.07 Å². The molecule has 0 radical (unpaired) electrons. The van der Waals surface area contributed by atoms with Crippen LogP contribution < -0.4 is 0 Å². The number of rotatable bonds is 7. The van der Waals surface area contributed by atoms with Crippen LogP contribution in [0.4, 0.5) is 0 Å². The molecule has 0 aliphatic heterocycles. The summed E-state index contributed by atoms with van der Waals surface area (Å²) in [5, 5.41) is 9.51. The van der Waals surface area contributed by atoms with Crippen LogP contribution in [0.5, 0.6) is 0 Å². The van der Waals surface area contributed by atoms with Crippen molar-refractivity contribution in [1.82, 2.24) is 19.1 Å². The summed E-state index contributed by atoms with van der Waals surface area (Å²) < 4.78 is 33.3. The van der Waals surface area contributed by atoms with Crippen LogP contribution in [0.25, 0.3) is 17.1 Å². The van der Waals surface area contributed by atoms with Crippen LogP contribution in [0.3, 0.4) is 0 Å². The quantitative estimate of drug-likeness (QED) is 0.366. The summed E-state index contributed by atoms with van der Waals surface area (Å²) in [6.07, 6.45) is 0. The van der Waals surface area contributed by atoms with E-state index in [9.17, 15) is 8.42 Å². The van der Waals surface area contributed by atoms with Crippen molar-refractivity contribution in [2.75, 3.05) is 14.1 Å². The Hall–Kier alpha value is -2.88. The van der Waals surface area contributed by atoms with Crippen LogP contribution in [0, 0.1) is 13.8 Å². The number of nitrogens with zero attached hydrogens (tertiary/aromatic N) is 4. The molecule has 0 bridgehead atoms. The number of hydrogen-bond acceptors (Lipinski definition) is 6. The van der Waals surface area contributed by atoms with Crippen LogP contribution >= 0.6 is 11.8 Å². The fourth-order valence-corrected chi connectivity index (χ4v) is 4.78. The van der Waals surface area contributed by atoms with Gasteiger partial charge in [-0.05, 0) is 49.2 Å². The Morgan fingerprint density at radius 1 is 0.969 bits per heavy atom. The Labute approximate surface area is 192 Å². The van der Waals surface area contributed by atoms with E-state index in [0.717, 1.165) is 21.4 Å². The summed E-state index contributed by atoms with van der Waals surface area (Å²) in [4.78, 5) is 0. The van der Waals surface area contributed by atoms with E-state index in [1.165, 1.54) is 43.1 Å². The maximum Gasteiger partial charge on any atom is 0.275 e. The van der Waals surface area contributed by atoms with Crippen LogP contribution in [-0.2, 0) is 15.8 Å². The lowest BCUT2D eigenvalue weighted by molar-refractivity contribution is 0.408. The van der Waals surface area contributed by atoms with Gasteiger partial charge in [0, 0.05) is 19.7 Å². The molecule has 2 heterocycles. The predicted molar refractivity (Wildman–Crippen MR) is 125 cm³/mol. The predicted octanol–water partition coefficient (Wildman–Crippen LogP) is 4.69. The van der Waals surface area contributed by atoms with E-state index in [4.69, 9.17) is 4.42 Å². The molecule has 0 unspecified atom stereocenters. The van der Waals surface area contributed by atoms with E-state index in [0.29, 0.717) is 16.7 Å². The molecule has 9 heteroatoms. The molecule has 0 saturated heterocycles. The van der Waals surface area contributed by atoms with Crippen molar-refractivity contribution in [2.24, 2.45) is 0 Å². The minimum atomic E-state index is -3.61. The molecule has 4 aromatic rings. The maximum absolute atomic E-state index is 12.3. The molecule has 0 aliphatic carbocycles. The van der Waals surface area contributed by atoms with Crippen LogP contribution in [-0.4, -0.2) is 41.6 Å². The number of aryl methyl sites for hydroxylation is 2. The second-order valence-corrected chi connectivity index (χ2v) is 10.6. The van der Waals surface area contributed by atoms with Crippen molar-refractivity contribution in [2.45, 2.75) is 29.8 Å². The minimum absolute atomic E-state index is 0.0706. The lowest BCUT2D eigenvalue weighted by Crippen LogP contribution is -2.21. The molecule has 0 N–H and O–H groups in total. The first-order chi connectivity index (χ1) is 15.3. The molecule has 0 aliphatic rings. The van der Waals surface area contributed by atoms with Gasteiger partial charge in [-0.1, -0.05) is 48.2 Å². The fraction of sp³-hybridized carbons (Fsp3) is 0.217. The molecule has 0 spiro atoms. The zero-order chi connectivity index (χ0) is 22.9. The highest BCUT2D eigenvalue weighted by molar-refractivity contribution is 7.98. The largest absolute Gasteiger partial charge is 0.447 e. The fourth-order valence-electron chi connectivity index (χ4n) is 3.13. The molecule has 2 aromatic carbocycles. The highest BCUT2D eigenvalue weighted by Gasteiger charge is 2.22. The van der Waals surface area contributed by atoms with Gasteiger partial charge in [0.2, 0.25) is 5.09 Å². The minimum Gasteiger partial charge on any atom is -0.447 e. The number of benzene rings is 2. The van der Waals surface area contributed by atoms with E-state index in [-0.39, 0.29) is 5.09 Å². The van der Waals surface area contributed by atoms with Gasteiger partial charge in [-0.2, -0.15) is 0 Å². The summed E-state index contributed by atoms with van der Waals surface area (Å²) in [5.74, 6) is 1.71. The number of thioether (sulfide) groups is 1. The van der Waals surface area contributed by atoms with Crippen molar-refractivity contribution in [3.05, 3.63) is 77.6 Å². The summed E-state index contributed by atoms with van der Waals surface area (Å²) in [6.45, 7) is 4.16. The Morgan fingerprint density at radius 2 is 1.72 bits per heavy atom. The lowest BCUT2D eigenvalue weighted by Gasteiger charge is -2.12. The number of furan rings is 1. The van der Waals surface area contributed by atoms with E-state index >= 15 is 0 Å². The monoisotopic (exact) mass is 468 g/mol. The van der Waals surface area contributed by atoms with Crippen molar-refractivity contribution in [1.29, 1.82) is 0 Å². The molecule has 0 atom stereocenters. The second-order valence-electron chi connectivity index (χ2n) is 7.57. The third-order valence-corrected chi connectivity index (χ3v) is 7.77. The first-order valence-corrected chi connectivity index (χ1v) is 12.4. The summed E-state index contributed by atoms with van der Waals surface area (Å²) in [6, 6.07) is 19.3. The first-order valence-electron chi connectivity index (χ1n) is 10.00. The molecule has 166 valence electrons. The first kappa shape index (κ1) is 22.3. The van der Waals surface area contributed by atoms with Crippen molar-refractivity contribution in [3.63, 3.8) is 0 Å². The molecule has 2 aromatic heterocycles. The highest BCUT2D eigenvalue weighted by atomic mass is 32.2. The lowest BCUT2D eigenvalue weighted by atomic mass is 10.1. The average Bonchev–Trinajstić information content (AvgIpc) is 3.42. The topological polar surface area (TPSA) is 81.2 Å². The normalized spacial score (nSPS) is 11.9. The summed E-state index contributed by atoms with van der Waals surface area (Å²) in [7, 11) is -0.655. The van der Waals surface area contributed by atoms with E-state index < -0.39 is 10.0 Å². The van der Waals surface area contributed by atoms with Gasteiger partial charge in [0.05, 0.1) is 11.4 Å². The standard InChI is InChI=1S/C23H24N4O3S2/c1-16-10-11-19(14-17(16)2)27-22(18-8-6-5-7-9-18)24-25-23(27)31-15-20-12-13-21(30-20)32(28,29)26(3)4/h5-14H,15H2,1-4H3. The smallest absolute Gasteiger partial charge is 0.275 e. The zero-order valence-electron chi connectivity index (χ0n) is 18.3. The Balaban J connectivity index is 1.68. The number of hydrogen-bond donors (Lipinski definition) is 0. The van der Waals surface area contributed by atoms with Crippen molar-refractivity contribution < 1.29 is 12.8 Å². The van der Waals surface area contributed by atoms with Gasteiger partial charge in [-0.15, -0.1) is 10.2 Å². The average molecular weight is 469 g/mol. The number of sulfonamides is 1. The summed E-state index contributed by atoms with van der Waals surface area (Å²) >= 11 is 1.44. The second kappa shape index (κ2) is 8.93. The van der Waals surface area contributed by atoms with Gasteiger partial charge in [0.15, 0.2) is 11.0 Å². The Kier molecular flexibility index (Phi) is 6.23. The third kappa shape index (κ3) is 4.36. The molecule has 0 fully saturated rings. The molecule has 0 saturated carbocycles. The van der Waals surface area contributed by atoms with Crippen molar-refractivity contribution in [3.8, 4) is 17.1 Å². The van der Waals surface area contributed by atoms with Gasteiger partial charge < -0.3 is 4.42 Å². The third-order valence-electron chi connectivity index (χ3n) is 5.13. The molecular weight excluding hydrogens is 444 g/mol. The van der Waals surface area contributed by atoms with Crippen molar-refractivity contribution >= 4 is 21.8 Å². The molecule has 4 rings (SSSR count). The molecule has 0 amide bonds. The Bertz CT molecular complexity index is 1340. The van der Waals surface area contributed by atoms with E-state index in [2.05, 4.69) is 42.2 Å². The van der Waals surface area contributed by atoms with Crippen LogP contribution in [0.1, 0.15) is 16.9 Å². The highest BCUT2D eigenvalue weighted by Crippen LogP contribution is 2.31. The van der Waals surface area contributed by atoms with Gasteiger partial charge >= 0.3 is 0 Å². The molecular formula is C23H24N4O3S2. The van der Waals surface area contributed by atoms with E-state index in [1.807, 2.05) is 34.9 Å². The SMILES string of the molecule is Cc1ccc(-n2c(SCc3ccc(S(=O)(=O)N(C)C)o3)nnc2-c2ccccc2)cc1C. The van der Waals surface area contributed by atoms with Gasteiger partial charge in [-0.25, -0.2) is 12.7 Å². The van der Waals surface area contributed by atoms with Gasteiger partial charge in [0.1, 0.15) is 5.76 Å². The maximum atomic E-state index is 12.3.